The van der Waals surface area contributed by atoms with Crippen molar-refractivity contribution >= 4 is 11.7 Å². The van der Waals surface area contributed by atoms with E-state index in [1.165, 1.54) is 6.33 Å². The Morgan fingerprint density at radius 3 is 2.38 bits per heavy atom. The minimum atomic E-state index is -0.357. The zero-order chi connectivity index (χ0) is 22.2. The molecule has 3 aromatic rings. The number of carbonyl (C=O) groups excluding carboxylic acids is 1. The van der Waals surface area contributed by atoms with Gasteiger partial charge in [-0.25, -0.2) is 4.68 Å². The Morgan fingerprint density at radius 1 is 1.00 bits per heavy atom. The molecule has 0 amide bonds. The van der Waals surface area contributed by atoms with E-state index < -0.39 is 0 Å². The van der Waals surface area contributed by atoms with Crippen LogP contribution in [0.25, 0.3) is 0 Å². The number of anilines is 1. The Morgan fingerprint density at radius 2 is 1.72 bits per heavy atom. The van der Waals surface area contributed by atoms with Crippen molar-refractivity contribution in [3.8, 4) is 17.2 Å². The highest BCUT2D eigenvalue weighted by Crippen LogP contribution is 2.46. The quantitative estimate of drug-likeness (QED) is 0.659. The fourth-order valence-electron chi connectivity index (χ4n) is 4.69. The number of methoxy groups -OCH3 is 3. The lowest BCUT2D eigenvalue weighted by Gasteiger charge is -2.38. The molecule has 0 saturated carbocycles. The first-order valence-electron chi connectivity index (χ1n) is 10.4. The van der Waals surface area contributed by atoms with Gasteiger partial charge in [-0.1, -0.05) is 36.4 Å². The maximum Gasteiger partial charge on any atom is 0.226 e. The number of hydrogen-bond donors (Lipinski definition) is 1. The molecular formula is C24H24N4O4. The largest absolute Gasteiger partial charge is 0.493 e. The second-order valence-electron chi connectivity index (χ2n) is 7.84. The van der Waals surface area contributed by atoms with Gasteiger partial charge in [0.15, 0.2) is 11.5 Å². The number of benzene rings is 2. The minimum Gasteiger partial charge on any atom is -0.493 e. The van der Waals surface area contributed by atoms with Crippen LogP contribution in [0, 0.1) is 5.92 Å². The molecule has 1 aliphatic carbocycles. The van der Waals surface area contributed by atoms with E-state index in [4.69, 9.17) is 14.2 Å². The van der Waals surface area contributed by atoms with Crippen molar-refractivity contribution < 1.29 is 19.0 Å². The molecule has 1 N–H and O–H groups in total. The zero-order valence-corrected chi connectivity index (χ0v) is 18.1. The predicted molar refractivity (Wildman–Crippen MR) is 118 cm³/mol. The van der Waals surface area contributed by atoms with Crippen molar-refractivity contribution in [2.45, 2.75) is 18.4 Å². The monoisotopic (exact) mass is 432 g/mol. The van der Waals surface area contributed by atoms with E-state index in [1.807, 2.05) is 42.5 Å². The van der Waals surface area contributed by atoms with E-state index in [2.05, 4.69) is 21.5 Å². The van der Waals surface area contributed by atoms with Crippen LogP contribution < -0.4 is 19.5 Å². The van der Waals surface area contributed by atoms with E-state index in [0.717, 1.165) is 16.8 Å². The number of rotatable bonds is 5. The Balaban J connectivity index is 1.59. The normalized spacial score (nSPS) is 21.7. The third-order valence-electron chi connectivity index (χ3n) is 6.15. The Kier molecular flexibility index (Phi) is 5.05. The highest BCUT2D eigenvalue weighted by Gasteiger charge is 2.43. The molecule has 8 heteroatoms. The van der Waals surface area contributed by atoms with Gasteiger partial charge in [0.1, 0.15) is 12.1 Å². The molecular weight excluding hydrogens is 408 g/mol. The fourth-order valence-corrected chi connectivity index (χ4v) is 4.69. The first kappa shape index (κ1) is 20.1. The highest BCUT2D eigenvalue weighted by molar-refractivity contribution is 5.88. The average molecular weight is 432 g/mol. The summed E-state index contributed by atoms with van der Waals surface area (Å²) in [6.45, 7) is 0. The maximum absolute atomic E-state index is 13.5. The second-order valence-corrected chi connectivity index (χ2v) is 7.84. The SMILES string of the molecule is COc1cc([C@H]2C=C3Nc4ncnn4[C@H](c4ccccc4)[C@H]3C(=O)C2)cc(OC)c1OC. The van der Waals surface area contributed by atoms with Crippen molar-refractivity contribution in [2.24, 2.45) is 5.92 Å². The fraction of sp³-hybridized carbons (Fsp3) is 0.292. The Hall–Kier alpha value is -3.81. The van der Waals surface area contributed by atoms with Gasteiger partial charge in [-0.3, -0.25) is 4.79 Å². The van der Waals surface area contributed by atoms with Crippen LogP contribution in [0.3, 0.4) is 0 Å². The van der Waals surface area contributed by atoms with Crippen LogP contribution in [0.1, 0.15) is 29.5 Å². The summed E-state index contributed by atoms with van der Waals surface area (Å²) in [5.41, 5.74) is 2.79. The van der Waals surface area contributed by atoms with Crippen LogP contribution in [0.4, 0.5) is 5.95 Å². The summed E-state index contributed by atoms with van der Waals surface area (Å²) in [6, 6.07) is 13.5. The lowest BCUT2D eigenvalue weighted by Crippen LogP contribution is -2.40. The van der Waals surface area contributed by atoms with Crippen LogP contribution in [0.15, 0.2) is 60.6 Å². The minimum absolute atomic E-state index is 0.138. The number of carbonyl (C=O) groups is 1. The zero-order valence-electron chi connectivity index (χ0n) is 18.1. The van der Waals surface area contributed by atoms with Gasteiger partial charge in [-0.05, 0) is 23.3 Å². The molecule has 8 nitrogen and oxygen atoms in total. The number of allylic oxidation sites excluding steroid dienone is 2. The van der Waals surface area contributed by atoms with E-state index in [-0.39, 0.29) is 23.7 Å². The average Bonchev–Trinajstić information content (AvgIpc) is 3.30. The number of aromatic nitrogens is 3. The molecule has 2 aromatic carbocycles. The van der Waals surface area contributed by atoms with Crippen molar-refractivity contribution in [3.63, 3.8) is 0 Å². The molecule has 0 spiro atoms. The van der Waals surface area contributed by atoms with Crippen molar-refractivity contribution in [1.82, 2.24) is 14.8 Å². The van der Waals surface area contributed by atoms with Gasteiger partial charge in [0.05, 0.1) is 33.3 Å². The molecule has 2 heterocycles. The molecule has 0 fully saturated rings. The van der Waals surface area contributed by atoms with Gasteiger partial charge in [-0.2, -0.15) is 10.1 Å². The first-order valence-corrected chi connectivity index (χ1v) is 10.4. The number of nitrogens with zero attached hydrogens (tertiary/aromatic N) is 3. The third-order valence-corrected chi connectivity index (χ3v) is 6.15. The van der Waals surface area contributed by atoms with Crippen LogP contribution in [-0.2, 0) is 4.79 Å². The second kappa shape index (κ2) is 8.03. The number of ketones is 1. The lowest BCUT2D eigenvalue weighted by atomic mass is 9.75. The molecule has 32 heavy (non-hydrogen) atoms. The molecule has 0 saturated heterocycles. The summed E-state index contributed by atoms with van der Waals surface area (Å²) >= 11 is 0. The number of fused-ring (bicyclic) bond motifs is 2. The van der Waals surface area contributed by atoms with Gasteiger partial charge in [0.25, 0.3) is 0 Å². The Bertz CT molecular complexity index is 1160. The van der Waals surface area contributed by atoms with Crippen molar-refractivity contribution in [3.05, 3.63) is 71.7 Å². The molecule has 1 aliphatic heterocycles. The smallest absolute Gasteiger partial charge is 0.226 e. The van der Waals surface area contributed by atoms with Crippen molar-refractivity contribution in [1.29, 1.82) is 0 Å². The van der Waals surface area contributed by atoms with Gasteiger partial charge >= 0.3 is 0 Å². The number of nitrogens with one attached hydrogen (secondary N) is 1. The third kappa shape index (κ3) is 3.19. The summed E-state index contributed by atoms with van der Waals surface area (Å²) in [4.78, 5) is 17.9. The lowest BCUT2D eigenvalue weighted by molar-refractivity contribution is -0.123. The van der Waals surface area contributed by atoms with Crippen LogP contribution in [-0.4, -0.2) is 41.9 Å². The van der Waals surface area contributed by atoms with Gasteiger partial charge in [0, 0.05) is 18.0 Å². The molecule has 0 bridgehead atoms. The van der Waals surface area contributed by atoms with Gasteiger partial charge in [-0.15, -0.1) is 0 Å². The van der Waals surface area contributed by atoms with Gasteiger partial charge < -0.3 is 19.5 Å². The summed E-state index contributed by atoms with van der Waals surface area (Å²) in [5, 5.41) is 7.73. The maximum atomic E-state index is 13.5. The number of hydrogen-bond acceptors (Lipinski definition) is 7. The number of ether oxygens (including phenoxy) is 3. The predicted octanol–water partition coefficient (Wildman–Crippen LogP) is 3.58. The van der Waals surface area contributed by atoms with Gasteiger partial charge in [0.2, 0.25) is 11.7 Å². The van der Waals surface area contributed by atoms with Crippen LogP contribution in [0.5, 0.6) is 17.2 Å². The standard InChI is InChI=1S/C24H24N4O4/c1-30-19-11-16(12-20(31-2)23(19)32-3)15-9-17-21(18(29)10-15)22(14-7-5-4-6-8-14)28-24(27-17)25-13-26-28/h4-9,11-13,15,21-22H,10H2,1-3H3,(H,25,26,27)/t15-,21+,22+/m0/s1. The van der Waals surface area contributed by atoms with E-state index >= 15 is 0 Å². The topological polar surface area (TPSA) is 87.5 Å². The summed E-state index contributed by atoms with van der Waals surface area (Å²) in [5.74, 6) is 1.93. The van der Waals surface area contributed by atoms with E-state index in [9.17, 15) is 4.79 Å². The highest BCUT2D eigenvalue weighted by atomic mass is 16.5. The Labute approximate surface area is 185 Å². The molecule has 3 atom stereocenters. The molecule has 0 unspecified atom stereocenters. The molecule has 2 aliphatic rings. The molecule has 5 rings (SSSR count). The van der Waals surface area contributed by atoms with Crippen molar-refractivity contribution in [2.75, 3.05) is 26.6 Å². The van der Waals surface area contributed by atoms with Crippen LogP contribution >= 0.6 is 0 Å². The van der Waals surface area contributed by atoms with E-state index in [1.54, 1.807) is 26.0 Å². The molecule has 0 radical (unpaired) electrons. The molecule has 1 aromatic heterocycles. The van der Waals surface area contributed by atoms with Crippen LogP contribution in [0.2, 0.25) is 0 Å². The number of Topliss-reactive ketones (excluding diaryl/α,β-unsaturated/α-hetero) is 1. The van der Waals surface area contributed by atoms with E-state index in [0.29, 0.717) is 29.6 Å². The molecule has 164 valence electrons. The summed E-state index contributed by atoms with van der Waals surface area (Å²) in [6.07, 6.45) is 3.99. The summed E-state index contributed by atoms with van der Waals surface area (Å²) in [7, 11) is 4.74. The summed E-state index contributed by atoms with van der Waals surface area (Å²) < 4.78 is 18.3. The first-order chi connectivity index (χ1) is 15.6.